The molecule has 0 aliphatic heterocycles. The number of benzene rings is 1. The van der Waals surface area contributed by atoms with Crippen LogP contribution in [-0.4, -0.2) is 0 Å². The van der Waals surface area contributed by atoms with E-state index in [4.69, 9.17) is 5.26 Å². The summed E-state index contributed by atoms with van der Waals surface area (Å²) in [7, 11) is 0. The first kappa shape index (κ1) is 14.4. The van der Waals surface area contributed by atoms with Crippen molar-refractivity contribution < 1.29 is 13.2 Å². The molecular weight excluding hydrogens is 285 g/mol. The topological polar surface area (TPSA) is 35.8 Å². The van der Waals surface area contributed by atoms with Crippen LogP contribution < -0.4 is 5.32 Å². The van der Waals surface area contributed by atoms with Crippen LogP contribution in [0.5, 0.6) is 0 Å². The van der Waals surface area contributed by atoms with E-state index in [0.717, 1.165) is 15.8 Å². The fraction of sp³-hybridized carbons (Fsp3) is 0.214. The van der Waals surface area contributed by atoms with E-state index in [9.17, 15) is 13.2 Å². The van der Waals surface area contributed by atoms with Crippen molar-refractivity contribution in [2.24, 2.45) is 0 Å². The largest absolute Gasteiger partial charge is 0.418 e. The predicted octanol–water partition coefficient (Wildman–Crippen LogP) is 4.56. The van der Waals surface area contributed by atoms with Crippen molar-refractivity contribution in [1.29, 1.82) is 5.26 Å². The van der Waals surface area contributed by atoms with Crippen LogP contribution in [0.15, 0.2) is 30.3 Å². The summed E-state index contributed by atoms with van der Waals surface area (Å²) in [5.41, 5.74) is -0.831. The highest BCUT2D eigenvalue weighted by Gasteiger charge is 2.33. The van der Waals surface area contributed by atoms with Crippen molar-refractivity contribution in [3.63, 3.8) is 0 Å². The number of rotatable bonds is 3. The number of thiophene rings is 1. The van der Waals surface area contributed by atoms with Gasteiger partial charge >= 0.3 is 6.18 Å². The van der Waals surface area contributed by atoms with E-state index in [2.05, 4.69) is 5.32 Å². The summed E-state index contributed by atoms with van der Waals surface area (Å²) >= 11 is 1.53. The van der Waals surface area contributed by atoms with Gasteiger partial charge in [0.2, 0.25) is 0 Å². The molecule has 0 aliphatic carbocycles. The average Bonchev–Trinajstić information content (AvgIpc) is 2.81. The lowest BCUT2D eigenvalue weighted by Crippen LogP contribution is -2.11. The van der Waals surface area contributed by atoms with Crippen LogP contribution in [0.4, 0.5) is 18.9 Å². The highest BCUT2D eigenvalue weighted by atomic mass is 32.1. The Balaban J connectivity index is 2.25. The quantitative estimate of drug-likeness (QED) is 0.901. The molecule has 0 atom stereocenters. The van der Waals surface area contributed by atoms with E-state index in [0.29, 0.717) is 6.54 Å². The Morgan fingerprint density at radius 1 is 1.25 bits per heavy atom. The lowest BCUT2D eigenvalue weighted by atomic mass is 10.1. The number of nitriles is 1. The molecule has 6 heteroatoms. The molecule has 2 aromatic rings. The number of hydrogen-bond donors (Lipinski definition) is 1. The van der Waals surface area contributed by atoms with Gasteiger partial charge in [0.05, 0.1) is 17.2 Å². The number of alkyl halides is 3. The Kier molecular flexibility index (Phi) is 4.00. The zero-order chi connectivity index (χ0) is 14.8. The molecule has 0 amide bonds. The maximum atomic E-state index is 12.9. The van der Waals surface area contributed by atoms with Crippen LogP contribution in [0.25, 0.3) is 0 Å². The van der Waals surface area contributed by atoms with E-state index in [1.54, 1.807) is 6.07 Å². The maximum Gasteiger partial charge on any atom is 0.418 e. The second-order valence-electron chi connectivity index (χ2n) is 4.24. The zero-order valence-electron chi connectivity index (χ0n) is 10.6. The van der Waals surface area contributed by atoms with Gasteiger partial charge in [-0.3, -0.25) is 0 Å². The smallest absolute Gasteiger partial charge is 0.380 e. The molecule has 0 radical (unpaired) electrons. The van der Waals surface area contributed by atoms with Crippen molar-refractivity contribution in [2.45, 2.75) is 19.6 Å². The molecule has 1 aromatic heterocycles. The Labute approximate surface area is 118 Å². The maximum absolute atomic E-state index is 12.9. The van der Waals surface area contributed by atoms with Gasteiger partial charge in [0.15, 0.2) is 0 Å². The van der Waals surface area contributed by atoms with Crippen molar-refractivity contribution in [3.8, 4) is 6.07 Å². The molecule has 20 heavy (non-hydrogen) atoms. The molecule has 0 bridgehead atoms. The molecule has 0 fully saturated rings. The molecule has 0 spiro atoms. The molecule has 0 saturated carbocycles. The van der Waals surface area contributed by atoms with E-state index in [1.807, 2.05) is 19.1 Å². The Bertz CT molecular complexity index is 653. The van der Waals surface area contributed by atoms with Gasteiger partial charge in [-0.25, -0.2) is 0 Å². The van der Waals surface area contributed by atoms with E-state index in [1.165, 1.54) is 23.5 Å². The lowest BCUT2D eigenvalue weighted by Gasteiger charge is -2.14. The van der Waals surface area contributed by atoms with Crippen LogP contribution in [0.2, 0.25) is 0 Å². The van der Waals surface area contributed by atoms with Gasteiger partial charge in [-0.1, -0.05) is 0 Å². The van der Waals surface area contributed by atoms with Crippen LogP contribution >= 0.6 is 11.3 Å². The van der Waals surface area contributed by atoms with Crippen molar-refractivity contribution in [1.82, 2.24) is 0 Å². The summed E-state index contributed by atoms with van der Waals surface area (Å²) in [5, 5.41) is 11.5. The number of anilines is 1. The standard InChI is InChI=1S/C14H11F3N2S/c1-9-2-4-11(20-9)8-19-13-5-3-10(7-18)6-12(13)14(15,16)17/h2-6,19H,8H2,1H3. The number of aryl methyl sites for hydroxylation is 1. The van der Waals surface area contributed by atoms with Crippen molar-refractivity contribution >= 4 is 17.0 Å². The molecular formula is C14H11F3N2S. The first-order valence-corrected chi connectivity index (χ1v) is 6.62. The third-order valence-electron chi connectivity index (χ3n) is 2.70. The van der Waals surface area contributed by atoms with Crippen LogP contribution in [0, 0.1) is 18.3 Å². The van der Waals surface area contributed by atoms with E-state index in [-0.39, 0.29) is 11.3 Å². The van der Waals surface area contributed by atoms with Gasteiger partial charge in [-0.2, -0.15) is 18.4 Å². The van der Waals surface area contributed by atoms with Crippen molar-refractivity contribution in [3.05, 3.63) is 51.2 Å². The summed E-state index contributed by atoms with van der Waals surface area (Å²) < 4.78 is 38.8. The summed E-state index contributed by atoms with van der Waals surface area (Å²) in [6.45, 7) is 2.27. The molecule has 0 aliphatic rings. The summed E-state index contributed by atoms with van der Waals surface area (Å²) in [6.07, 6.45) is -4.49. The summed E-state index contributed by atoms with van der Waals surface area (Å²) in [4.78, 5) is 2.07. The average molecular weight is 296 g/mol. The molecule has 2 nitrogen and oxygen atoms in total. The summed E-state index contributed by atoms with van der Waals surface area (Å²) in [6, 6.07) is 9.05. The zero-order valence-corrected chi connectivity index (χ0v) is 11.4. The van der Waals surface area contributed by atoms with Gasteiger partial charge < -0.3 is 5.32 Å². The SMILES string of the molecule is Cc1ccc(CNc2ccc(C#N)cc2C(F)(F)F)s1. The number of halogens is 3. The predicted molar refractivity (Wildman–Crippen MR) is 72.5 cm³/mol. The van der Waals surface area contributed by atoms with E-state index < -0.39 is 11.7 Å². The molecule has 0 saturated heterocycles. The molecule has 1 heterocycles. The minimum absolute atomic E-state index is 0.00477. The first-order valence-electron chi connectivity index (χ1n) is 5.80. The minimum atomic E-state index is -4.49. The van der Waals surface area contributed by atoms with Crippen LogP contribution in [0.3, 0.4) is 0 Å². The second kappa shape index (κ2) is 5.55. The molecule has 2 rings (SSSR count). The fourth-order valence-electron chi connectivity index (χ4n) is 1.76. The highest BCUT2D eigenvalue weighted by Crippen LogP contribution is 2.35. The third kappa shape index (κ3) is 3.31. The van der Waals surface area contributed by atoms with Crippen LogP contribution in [0.1, 0.15) is 20.9 Å². The Morgan fingerprint density at radius 3 is 2.55 bits per heavy atom. The lowest BCUT2D eigenvalue weighted by molar-refractivity contribution is -0.137. The molecule has 1 N–H and O–H groups in total. The van der Waals surface area contributed by atoms with Gasteiger partial charge in [-0.05, 0) is 37.3 Å². The van der Waals surface area contributed by atoms with Gasteiger partial charge in [-0.15, -0.1) is 11.3 Å². The highest BCUT2D eigenvalue weighted by molar-refractivity contribution is 7.11. The third-order valence-corrected chi connectivity index (χ3v) is 3.70. The summed E-state index contributed by atoms with van der Waals surface area (Å²) in [5.74, 6) is 0. The Hall–Kier alpha value is -2.00. The van der Waals surface area contributed by atoms with Gasteiger partial charge in [0, 0.05) is 22.0 Å². The monoisotopic (exact) mass is 296 g/mol. The van der Waals surface area contributed by atoms with Crippen LogP contribution in [-0.2, 0) is 12.7 Å². The minimum Gasteiger partial charge on any atom is -0.380 e. The molecule has 104 valence electrons. The van der Waals surface area contributed by atoms with Gasteiger partial charge in [0.25, 0.3) is 0 Å². The number of nitrogens with zero attached hydrogens (tertiary/aromatic N) is 1. The Morgan fingerprint density at radius 2 is 2.00 bits per heavy atom. The first-order chi connectivity index (χ1) is 9.40. The second-order valence-corrected chi connectivity index (χ2v) is 5.61. The normalized spacial score (nSPS) is 11.2. The molecule has 0 unspecified atom stereocenters. The fourth-order valence-corrected chi connectivity index (χ4v) is 2.60. The number of nitrogens with one attached hydrogen (secondary N) is 1. The van der Waals surface area contributed by atoms with Crippen molar-refractivity contribution in [2.75, 3.05) is 5.32 Å². The molecule has 1 aromatic carbocycles. The van der Waals surface area contributed by atoms with Gasteiger partial charge in [0.1, 0.15) is 0 Å². The number of hydrogen-bond acceptors (Lipinski definition) is 3. The van der Waals surface area contributed by atoms with E-state index >= 15 is 0 Å².